The Hall–Kier alpha value is -1.97. The van der Waals surface area contributed by atoms with Gasteiger partial charge in [0.1, 0.15) is 0 Å². The van der Waals surface area contributed by atoms with E-state index in [1.807, 2.05) is 4.90 Å². The summed E-state index contributed by atoms with van der Waals surface area (Å²) in [6.07, 6.45) is 4.96. The Balaban J connectivity index is 1.18. The predicted octanol–water partition coefficient (Wildman–Crippen LogP) is 0.483. The van der Waals surface area contributed by atoms with Gasteiger partial charge in [0.15, 0.2) is 0 Å². The number of piperazine rings is 1. The molecule has 0 aromatic heterocycles. The van der Waals surface area contributed by atoms with Crippen molar-refractivity contribution in [1.82, 2.24) is 19.8 Å². The van der Waals surface area contributed by atoms with E-state index in [1.54, 1.807) is 24.3 Å². The lowest BCUT2D eigenvalue weighted by Gasteiger charge is -2.34. The quantitative estimate of drug-likeness (QED) is 0.589. The molecule has 0 radical (unpaired) electrons. The van der Waals surface area contributed by atoms with Gasteiger partial charge in [-0.25, -0.2) is 13.1 Å². The van der Waals surface area contributed by atoms with Gasteiger partial charge in [-0.05, 0) is 49.8 Å². The second-order valence-electron chi connectivity index (χ2n) is 8.54. The zero-order valence-corrected chi connectivity index (χ0v) is 18.0. The lowest BCUT2D eigenvalue weighted by molar-refractivity contribution is -0.133. The van der Waals surface area contributed by atoms with Crippen molar-refractivity contribution >= 4 is 21.8 Å². The first-order valence-corrected chi connectivity index (χ1v) is 12.3. The minimum absolute atomic E-state index is 0.0788. The molecule has 8 nitrogen and oxygen atoms in total. The Labute approximate surface area is 178 Å². The van der Waals surface area contributed by atoms with Crippen molar-refractivity contribution in [2.75, 3.05) is 32.7 Å². The highest BCUT2D eigenvalue weighted by molar-refractivity contribution is 7.89. The van der Waals surface area contributed by atoms with Crippen molar-refractivity contribution in [3.63, 3.8) is 0 Å². The van der Waals surface area contributed by atoms with Gasteiger partial charge in [0, 0.05) is 44.7 Å². The zero-order chi connectivity index (χ0) is 21.1. The second-order valence-corrected chi connectivity index (χ2v) is 10.3. The van der Waals surface area contributed by atoms with E-state index >= 15 is 0 Å². The maximum atomic E-state index is 12.5. The van der Waals surface area contributed by atoms with Crippen LogP contribution in [0, 0.1) is 0 Å². The first kappa shape index (κ1) is 21.3. The number of hydrogen-bond acceptors (Lipinski definition) is 5. The third-order valence-corrected chi connectivity index (χ3v) is 7.33. The Kier molecular flexibility index (Phi) is 6.40. The van der Waals surface area contributed by atoms with E-state index in [0.29, 0.717) is 51.6 Å². The number of carbonyl (C=O) groups excluding carboxylic acids is 2. The highest BCUT2D eigenvalue weighted by atomic mass is 32.2. The SMILES string of the molecule is O=C(CN1CCN(C(=O)CCc2ccc(S(=O)(=O)NC3CC3)cc2)CC1)NC1CC1. The first-order chi connectivity index (χ1) is 14.4. The lowest BCUT2D eigenvalue weighted by atomic mass is 10.1. The Morgan fingerprint density at radius 3 is 2.17 bits per heavy atom. The summed E-state index contributed by atoms with van der Waals surface area (Å²) in [6.45, 7) is 3.11. The van der Waals surface area contributed by atoms with Crippen molar-refractivity contribution in [2.45, 2.75) is 55.5 Å². The molecule has 0 bridgehead atoms. The van der Waals surface area contributed by atoms with E-state index in [9.17, 15) is 18.0 Å². The molecule has 3 fully saturated rings. The molecule has 2 saturated carbocycles. The van der Waals surface area contributed by atoms with E-state index in [1.165, 1.54) is 0 Å². The normalized spacial score (nSPS) is 20.2. The van der Waals surface area contributed by atoms with Crippen LogP contribution in [-0.4, -0.2) is 74.8 Å². The van der Waals surface area contributed by atoms with Gasteiger partial charge in [0.05, 0.1) is 11.4 Å². The van der Waals surface area contributed by atoms with Crippen LogP contribution in [0.1, 0.15) is 37.7 Å². The molecule has 0 unspecified atom stereocenters. The maximum absolute atomic E-state index is 12.5. The van der Waals surface area contributed by atoms with Gasteiger partial charge in [-0.2, -0.15) is 0 Å². The number of carbonyl (C=O) groups is 2. The molecule has 30 heavy (non-hydrogen) atoms. The third-order valence-electron chi connectivity index (χ3n) is 5.80. The molecule has 2 N–H and O–H groups in total. The van der Waals surface area contributed by atoms with Crippen LogP contribution in [0.3, 0.4) is 0 Å². The molecule has 1 aliphatic heterocycles. The maximum Gasteiger partial charge on any atom is 0.240 e. The highest BCUT2D eigenvalue weighted by Gasteiger charge is 2.28. The fourth-order valence-corrected chi connectivity index (χ4v) is 4.90. The minimum atomic E-state index is -3.44. The molecular weight excluding hydrogens is 404 g/mol. The number of amides is 2. The fraction of sp³-hybridized carbons (Fsp3) is 0.619. The van der Waals surface area contributed by atoms with Gasteiger partial charge in [-0.1, -0.05) is 12.1 Å². The summed E-state index contributed by atoms with van der Waals surface area (Å²) in [5.41, 5.74) is 0.948. The molecule has 0 spiro atoms. The van der Waals surface area contributed by atoms with Crippen LogP contribution in [0.15, 0.2) is 29.2 Å². The zero-order valence-electron chi connectivity index (χ0n) is 17.2. The molecular formula is C21H30N4O4S. The molecule has 1 aromatic carbocycles. The molecule has 9 heteroatoms. The van der Waals surface area contributed by atoms with Gasteiger partial charge >= 0.3 is 0 Å². The van der Waals surface area contributed by atoms with Gasteiger partial charge in [0.2, 0.25) is 21.8 Å². The molecule has 0 atom stereocenters. The summed E-state index contributed by atoms with van der Waals surface area (Å²) < 4.78 is 27.1. The Morgan fingerprint density at radius 1 is 0.933 bits per heavy atom. The minimum Gasteiger partial charge on any atom is -0.352 e. The number of nitrogens with zero attached hydrogens (tertiary/aromatic N) is 2. The summed E-state index contributed by atoms with van der Waals surface area (Å²) in [7, 11) is -3.44. The summed E-state index contributed by atoms with van der Waals surface area (Å²) in [4.78, 5) is 28.7. The average Bonchev–Trinajstić information content (AvgIpc) is 3.65. The first-order valence-electron chi connectivity index (χ1n) is 10.8. The number of sulfonamides is 1. The molecule has 4 rings (SSSR count). The number of aryl methyl sites for hydroxylation is 1. The van der Waals surface area contributed by atoms with Crippen LogP contribution in [0.5, 0.6) is 0 Å². The van der Waals surface area contributed by atoms with Crippen LogP contribution in [0.4, 0.5) is 0 Å². The topological polar surface area (TPSA) is 98.8 Å². The van der Waals surface area contributed by atoms with Crippen molar-refractivity contribution in [3.8, 4) is 0 Å². The summed E-state index contributed by atoms with van der Waals surface area (Å²) >= 11 is 0. The lowest BCUT2D eigenvalue weighted by Crippen LogP contribution is -2.51. The van der Waals surface area contributed by atoms with Crippen molar-refractivity contribution in [3.05, 3.63) is 29.8 Å². The van der Waals surface area contributed by atoms with Gasteiger partial charge in [0.25, 0.3) is 0 Å². The van der Waals surface area contributed by atoms with E-state index in [4.69, 9.17) is 0 Å². The summed E-state index contributed by atoms with van der Waals surface area (Å²) in [6, 6.07) is 7.24. The number of rotatable bonds is 9. The molecule has 2 aliphatic carbocycles. The van der Waals surface area contributed by atoms with Crippen LogP contribution >= 0.6 is 0 Å². The number of hydrogen-bond donors (Lipinski definition) is 2. The number of nitrogens with one attached hydrogen (secondary N) is 2. The van der Waals surface area contributed by atoms with Gasteiger partial charge in [-0.3, -0.25) is 14.5 Å². The predicted molar refractivity (Wildman–Crippen MR) is 112 cm³/mol. The van der Waals surface area contributed by atoms with Crippen LogP contribution in [-0.2, 0) is 26.0 Å². The van der Waals surface area contributed by atoms with Gasteiger partial charge in [-0.15, -0.1) is 0 Å². The number of benzene rings is 1. The molecule has 1 heterocycles. The molecule has 2 amide bonds. The van der Waals surface area contributed by atoms with Crippen molar-refractivity contribution < 1.29 is 18.0 Å². The van der Waals surface area contributed by atoms with Crippen molar-refractivity contribution in [1.29, 1.82) is 0 Å². The largest absolute Gasteiger partial charge is 0.352 e. The van der Waals surface area contributed by atoms with Crippen molar-refractivity contribution in [2.24, 2.45) is 0 Å². The van der Waals surface area contributed by atoms with E-state index < -0.39 is 10.0 Å². The Morgan fingerprint density at radius 2 is 1.57 bits per heavy atom. The molecule has 1 saturated heterocycles. The van der Waals surface area contributed by atoms with E-state index in [-0.39, 0.29) is 22.8 Å². The highest BCUT2D eigenvalue weighted by Crippen LogP contribution is 2.22. The van der Waals surface area contributed by atoms with Gasteiger partial charge < -0.3 is 10.2 Å². The summed E-state index contributed by atoms with van der Waals surface area (Å²) in [5, 5.41) is 3.00. The molecule has 3 aliphatic rings. The molecule has 164 valence electrons. The second kappa shape index (κ2) is 9.03. The van der Waals surface area contributed by atoms with Crippen LogP contribution < -0.4 is 10.0 Å². The fourth-order valence-electron chi connectivity index (χ4n) is 3.59. The van der Waals surface area contributed by atoms with Crippen LogP contribution in [0.25, 0.3) is 0 Å². The third kappa shape index (κ3) is 6.02. The molecule has 1 aromatic rings. The average molecular weight is 435 g/mol. The Bertz CT molecular complexity index is 871. The standard InChI is InChI=1S/C21H30N4O4S/c26-20(22-17-4-5-17)15-24-11-13-25(14-12-24)21(27)10-3-16-1-8-19(9-2-16)30(28,29)23-18-6-7-18/h1-2,8-9,17-18,23H,3-7,10-15H2,(H,22,26). The summed E-state index contributed by atoms with van der Waals surface area (Å²) in [5.74, 6) is 0.180. The van der Waals surface area contributed by atoms with E-state index in [2.05, 4.69) is 14.9 Å². The monoisotopic (exact) mass is 434 g/mol. The van der Waals surface area contributed by atoms with E-state index in [0.717, 1.165) is 31.2 Å². The smallest absolute Gasteiger partial charge is 0.240 e. The van der Waals surface area contributed by atoms with Crippen LogP contribution in [0.2, 0.25) is 0 Å².